The lowest BCUT2D eigenvalue weighted by molar-refractivity contribution is -0.133. The smallest absolute Gasteiger partial charge is 0.236 e. The van der Waals surface area contributed by atoms with E-state index in [4.69, 9.17) is 15.2 Å². The molecule has 120 valence electrons. The van der Waals surface area contributed by atoms with Crippen LogP contribution in [0.5, 0.6) is 5.75 Å². The molecule has 3 rings (SSSR count). The van der Waals surface area contributed by atoms with Crippen molar-refractivity contribution in [1.82, 2.24) is 9.88 Å². The number of carbonyl (C=O) groups is 1. The van der Waals surface area contributed by atoms with Gasteiger partial charge in [0.2, 0.25) is 5.91 Å². The highest BCUT2D eigenvalue weighted by Gasteiger charge is 2.46. The Morgan fingerprint density at radius 2 is 2.50 bits per heavy atom. The van der Waals surface area contributed by atoms with Crippen LogP contribution in [0, 0.1) is 5.92 Å². The second-order valence-corrected chi connectivity index (χ2v) is 6.38. The number of nitrogens with two attached hydrogens (primary N) is 1. The maximum absolute atomic E-state index is 11.8. The standard InChI is InChI=1S/C16H23N3O3/c1-16(11-21-13-3-2-5-18-9-13)7-12-10-19(15(20)8-17)6-4-14(12)22-16/h2-3,5,9,12,14H,4,6-8,10-11,17H2,1H3/t12-,14+,16-/m1/s1. The number of piperidine rings is 1. The van der Waals surface area contributed by atoms with Gasteiger partial charge in [-0.2, -0.15) is 0 Å². The molecule has 6 heteroatoms. The summed E-state index contributed by atoms with van der Waals surface area (Å²) in [5.74, 6) is 1.15. The van der Waals surface area contributed by atoms with Gasteiger partial charge < -0.3 is 20.1 Å². The number of hydrogen-bond acceptors (Lipinski definition) is 5. The summed E-state index contributed by atoms with van der Waals surface area (Å²) in [5.41, 5.74) is 5.14. The number of carbonyl (C=O) groups excluding carboxylic acids is 1. The Morgan fingerprint density at radius 1 is 1.64 bits per heavy atom. The Hall–Kier alpha value is -1.66. The van der Waals surface area contributed by atoms with Gasteiger partial charge in [0.1, 0.15) is 18.0 Å². The second kappa shape index (κ2) is 6.22. The van der Waals surface area contributed by atoms with Crippen molar-refractivity contribution < 1.29 is 14.3 Å². The van der Waals surface area contributed by atoms with E-state index >= 15 is 0 Å². The van der Waals surface area contributed by atoms with Crippen LogP contribution in [0.15, 0.2) is 24.5 Å². The van der Waals surface area contributed by atoms with Crippen LogP contribution in [-0.2, 0) is 9.53 Å². The van der Waals surface area contributed by atoms with E-state index in [9.17, 15) is 4.79 Å². The van der Waals surface area contributed by atoms with Gasteiger partial charge in [-0.1, -0.05) is 0 Å². The number of amides is 1. The number of likely N-dealkylation sites (tertiary alicyclic amines) is 1. The summed E-state index contributed by atoms with van der Waals surface area (Å²) in [5, 5.41) is 0. The predicted molar refractivity (Wildman–Crippen MR) is 81.4 cm³/mol. The zero-order valence-electron chi connectivity index (χ0n) is 12.9. The van der Waals surface area contributed by atoms with Gasteiger partial charge in [0, 0.05) is 25.2 Å². The van der Waals surface area contributed by atoms with Crippen molar-refractivity contribution in [1.29, 1.82) is 0 Å². The maximum atomic E-state index is 11.8. The first-order valence-corrected chi connectivity index (χ1v) is 7.78. The average molecular weight is 305 g/mol. The van der Waals surface area contributed by atoms with Crippen molar-refractivity contribution in [2.24, 2.45) is 11.7 Å². The molecule has 6 nitrogen and oxygen atoms in total. The first-order valence-electron chi connectivity index (χ1n) is 7.78. The topological polar surface area (TPSA) is 77.7 Å². The summed E-state index contributed by atoms with van der Waals surface area (Å²) in [6.07, 6.45) is 5.40. The molecule has 0 saturated carbocycles. The van der Waals surface area contributed by atoms with Crippen LogP contribution in [0.4, 0.5) is 0 Å². The predicted octanol–water partition coefficient (Wildman–Crippen LogP) is 0.815. The highest BCUT2D eigenvalue weighted by molar-refractivity contribution is 5.78. The monoisotopic (exact) mass is 305 g/mol. The van der Waals surface area contributed by atoms with Crippen molar-refractivity contribution in [3.8, 4) is 5.75 Å². The molecular formula is C16H23N3O3. The molecule has 0 bridgehead atoms. The fraction of sp³-hybridized carbons (Fsp3) is 0.625. The molecule has 2 N–H and O–H groups in total. The van der Waals surface area contributed by atoms with Gasteiger partial charge in [-0.25, -0.2) is 0 Å². The molecule has 2 saturated heterocycles. The van der Waals surface area contributed by atoms with Crippen LogP contribution in [0.1, 0.15) is 19.8 Å². The fourth-order valence-corrected chi connectivity index (χ4v) is 3.45. The van der Waals surface area contributed by atoms with Gasteiger partial charge in [0.15, 0.2) is 0 Å². The van der Waals surface area contributed by atoms with E-state index in [1.807, 2.05) is 17.0 Å². The normalized spacial score (nSPS) is 30.9. The van der Waals surface area contributed by atoms with E-state index in [0.29, 0.717) is 12.5 Å². The molecule has 0 aliphatic carbocycles. The largest absolute Gasteiger partial charge is 0.489 e. The zero-order chi connectivity index (χ0) is 15.6. The molecule has 1 aromatic rings. The number of fused-ring (bicyclic) bond motifs is 1. The zero-order valence-corrected chi connectivity index (χ0v) is 12.9. The van der Waals surface area contributed by atoms with Crippen LogP contribution >= 0.6 is 0 Å². The van der Waals surface area contributed by atoms with E-state index < -0.39 is 0 Å². The lowest BCUT2D eigenvalue weighted by Gasteiger charge is -2.33. The minimum atomic E-state index is -0.313. The van der Waals surface area contributed by atoms with Crippen molar-refractivity contribution >= 4 is 5.91 Å². The third-order valence-corrected chi connectivity index (χ3v) is 4.50. The first kappa shape index (κ1) is 15.2. The lowest BCUT2D eigenvalue weighted by Crippen LogP contribution is -2.46. The SMILES string of the molecule is C[C@]1(COc2cccnc2)C[C@@H]2CN(C(=O)CN)CC[C@@H]2O1. The molecule has 22 heavy (non-hydrogen) atoms. The summed E-state index contributed by atoms with van der Waals surface area (Å²) in [6.45, 7) is 4.13. The van der Waals surface area contributed by atoms with Gasteiger partial charge in [0.25, 0.3) is 0 Å². The van der Waals surface area contributed by atoms with Crippen molar-refractivity contribution in [2.45, 2.75) is 31.5 Å². The van der Waals surface area contributed by atoms with Crippen LogP contribution in [0.3, 0.4) is 0 Å². The molecule has 0 radical (unpaired) electrons. The molecular weight excluding hydrogens is 282 g/mol. The summed E-state index contributed by atoms with van der Waals surface area (Å²) in [6, 6.07) is 3.74. The molecule has 0 unspecified atom stereocenters. The van der Waals surface area contributed by atoms with E-state index in [1.165, 1.54) is 0 Å². The number of rotatable bonds is 4. The summed E-state index contributed by atoms with van der Waals surface area (Å²) < 4.78 is 12.0. The number of ether oxygens (including phenoxy) is 2. The number of pyridine rings is 1. The Kier molecular flexibility index (Phi) is 4.31. The minimum Gasteiger partial charge on any atom is -0.489 e. The van der Waals surface area contributed by atoms with Crippen molar-refractivity contribution in [3.63, 3.8) is 0 Å². The van der Waals surface area contributed by atoms with Crippen LogP contribution in [-0.4, -0.2) is 53.7 Å². The third-order valence-electron chi connectivity index (χ3n) is 4.50. The van der Waals surface area contributed by atoms with Crippen molar-refractivity contribution in [3.05, 3.63) is 24.5 Å². The molecule has 3 atom stereocenters. The third kappa shape index (κ3) is 3.23. The highest BCUT2D eigenvalue weighted by atomic mass is 16.6. The molecule has 0 aromatic carbocycles. The Labute approximate surface area is 130 Å². The lowest BCUT2D eigenvalue weighted by atomic mass is 9.89. The van der Waals surface area contributed by atoms with Crippen LogP contribution in [0.25, 0.3) is 0 Å². The van der Waals surface area contributed by atoms with Gasteiger partial charge in [0.05, 0.1) is 18.8 Å². The van der Waals surface area contributed by atoms with Gasteiger partial charge >= 0.3 is 0 Å². The van der Waals surface area contributed by atoms with Gasteiger partial charge in [-0.15, -0.1) is 0 Å². The summed E-state index contributed by atoms with van der Waals surface area (Å²) in [7, 11) is 0. The number of nitrogens with zero attached hydrogens (tertiary/aromatic N) is 2. The maximum Gasteiger partial charge on any atom is 0.236 e. The summed E-state index contributed by atoms with van der Waals surface area (Å²) >= 11 is 0. The first-order chi connectivity index (χ1) is 10.6. The number of aromatic nitrogens is 1. The minimum absolute atomic E-state index is 0.0265. The van der Waals surface area contributed by atoms with Gasteiger partial charge in [-0.3, -0.25) is 9.78 Å². The van der Waals surface area contributed by atoms with E-state index in [2.05, 4.69) is 11.9 Å². The number of hydrogen-bond donors (Lipinski definition) is 1. The molecule has 1 aromatic heterocycles. The van der Waals surface area contributed by atoms with E-state index in [0.717, 1.165) is 31.7 Å². The average Bonchev–Trinajstić information content (AvgIpc) is 2.89. The van der Waals surface area contributed by atoms with Crippen molar-refractivity contribution in [2.75, 3.05) is 26.2 Å². The Balaban J connectivity index is 1.57. The molecule has 0 spiro atoms. The molecule has 1 amide bonds. The molecule has 3 heterocycles. The molecule has 2 aliphatic rings. The van der Waals surface area contributed by atoms with Gasteiger partial charge in [-0.05, 0) is 31.9 Å². The highest BCUT2D eigenvalue weighted by Crippen LogP contribution is 2.39. The van der Waals surface area contributed by atoms with Crippen LogP contribution in [0.2, 0.25) is 0 Å². The molecule has 2 fully saturated rings. The molecule has 2 aliphatic heterocycles. The quantitative estimate of drug-likeness (QED) is 0.891. The Morgan fingerprint density at radius 3 is 3.23 bits per heavy atom. The second-order valence-electron chi connectivity index (χ2n) is 6.38. The van der Waals surface area contributed by atoms with E-state index in [1.54, 1.807) is 12.4 Å². The van der Waals surface area contributed by atoms with E-state index in [-0.39, 0.29) is 24.2 Å². The Bertz CT molecular complexity index is 525. The summed E-state index contributed by atoms with van der Waals surface area (Å²) in [4.78, 5) is 17.7. The fourth-order valence-electron chi connectivity index (χ4n) is 3.45. The van der Waals surface area contributed by atoms with Crippen LogP contribution < -0.4 is 10.5 Å².